The van der Waals surface area contributed by atoms with Gasteiger partial charge in [0, 0.05) is 19.0 Å². The van der Waals surface area contributed by atoms with E-state index in [1.165, 1.54) is 0 Å². The van der Waals surface area contributed by atoms with E-state index < -0.39 is 0 Å². The number of hydrogen-bond acceptors (Lipinski definition) is 2. The van der Waals surface area contributed by atoms with Crippen LogP contribution in [0.4, 0.5) is 0 Å². The molecular weight excluding hydrogens is 188 g/mol. The Bertz CT molecular complexity index is 261. The van der Waals surface area contributed by atoms with Crippen molar-refractivity contribution >= 4 is 5.91 Å². The zero-order valence-electron chi connectivity index (χ0n) is 9.60. The summed E-state index contributed by atoms with van der Waals surface area (Å²) in [6, 6.07) is 0.125. The summed E-state index contributed by atoms with van der Waals surface area (Å²) >= 11 is 0. The van der Waals surface area contributed by atoms with Crippen LogP contribution in [-0.2, 0) is 4.79 Å². The van der Waals surface area contributed by atoms with Crippen molar-refractivity contribution in [3.05, 3.63) is 0 Å². The van der Waals surface area contributed by atoms with Gasteiger partial charge in [0.15, 0.2) is 0 Å². The summed E-state index contributed by atoms with van der Waals surface area (Å²) in [5.41, 5.74) is -0.248. The van der Waals surface area contributed by atoms with E-state index >= 15 is 0 Å². The van der Waals surface area contributed by atoms with Gasteiger partial charge < -0.3 is 10.6 Å². The second-order valence-electron chi connectivity index (χ2n) is 4.47. The summed E-state index contributed by atoms with van der Waals surface area (Å²) < 4.78 is 0. The van der Waals surface area contributed by atoms with Crippen molar-refractivity contribution in [2.75, 3.05) is 13.1 Å². The molecule has 3 heteroatoms. The predicted octanol–water partition coefficient (Wildman–Crippen LogP) is 0.904. The Balaban J connectivity index is 2.50. The normalized spacial score (nSPS) is 27.0. The van der Waals surface area contributed by atoms with E-state index in [2.05, 4.69) is 16.6 Å². The molecule has 1 saturated heterocycles. The molecule has 0 aromatic carbocycles. The fourth-order valence-electron chi connectivity index (χ4n) is 1.81. The lowest BCUT2D eigenvalue weighted by atomic mass is 9.88. The van der Waals surface area contributed by atoms with Gasteiger partial charge in [-0.05, 0) is 26.3 Å². The van der Waals surface area contributed by atoms with Crippen LogP contribution in [0.5, 0.6) is 0 Å². The van der Waals surface area contributed by atoms with E-state index in [0.29, 0.717) is 6.42 Å². The van der Waals surface area contributed by atoms with E-state index in [4.69, 9.17) is 6.42 Å². The molecule has 15 heavy (non-hydrogen) atoms. The van der Waals surface area contributed by atoms with Gasteiger partial charge in [-0.3, -0.25) is 4.79 Å². The zero-order valence-corrected chi connectivity index (χ0v) is 9.60. The predicted molar refractivity (Wildman–Crippen MR) is 61.3 cm³/mol. The standard InChI is InChI=1S/C12H20N2O/c1-4-6-10(5-2)14-11(15)12(3)7-8-13-9-12/h1,10,13H,5-9H2,2-3H3,(H,14,15). The summed E-state index contributed by atoms with van der Waals surface area (Å²) in [5, 5.41) is 6.24. The van der Waals surface area contributed by atoms with Gasteiger partial charge >= 0.3 is 0 Å². The summed E-state index contributed by atoms with van der Waals surface area (Å²) in [4.78, 5) is 12.0. The largest absolute Gasteiger partial charge is 0.352 e. The van der Waals surface area contributed by atoms with Crippen LogP contribution >= 0.6 is 0 Å². The lowest BCUT2D eigenvalue weighted by molar-refractivity contribution is -0.130. The second-order valence-corrected chi connectivity index (χ2v) is 4.47. The minimum absolute atomic E-state index is 0.125. The maximum absolute atomic E-state index is 12.0. The van der Waals surface area contributed by atoms with Crippen LogP contribution < -0.4 is 10.6 Å². The van der Waals surface area contributed by atoms with Gasteiger partial charge in [0.1, 0.15) is 0 Å². The third-order valence-corrected chi connectivity index (χ3v) is 3.11. The van der Waals surface area contributed by atoms with Crippen molar-refractivity contribution in [1.29, 1.82) is 0 Å². The van der Waals surface area contributed by atoms with Crippen molar-refractivity contribution in [1.82, 2.24) is 10.6 Å². The quantitative estimate of drug-likeness (QED) is 0.674. The average Bonchev–Trinajstić information content (AvgIpc) is 2.65. The Morgan fingerprint density at radius 1 is 1.73 bits per heavy atom. The molecule has 84 valence electrons. The number of rotatable bonds is 4. The van der Waals surface area contributed by atoms with Crippen molar-refractivity contribution in [2.45, 2.75) is 39.2 Å². The van der Waals surface area contributed by atoms with Crippen molar-refractivity contribution < 1.29 is 4.79 Å². The number of carbonyl (C=O) groups excluding carboxylic acids is 1. The van der Waals surface area contributed by atoms with Gasteiger partial charge in [-0.15, -0.1) is 12.3 Å². The maximum atomic E-state index is 12.0. The average molecular weight is 208 g/mol. The Hall–Kier alpha value is -1.01. The van der Waals surface area contributed by atoms with Gasteiger partial charge in [0.2, 0.25) is 5.91 Å². The number of hydrogen-bond donors (Lipinski definition) is 2. The number of terminal acetylenes is 1. The van der Waals surface area contributed by atoms with Crippen LogP contribution in [0.1, 0.15) is 33.1 Å². The molecule has 3 nitrogen and oxygen atoms in total. The molecule has 0 radical (unpaired) electrons. The lowest BCUT2D eigenvalue weighted by Gasteiger charge is -2.24. The molecule has 1 rings (SSSR count). The van der Waals surface area contributed by atoms with E-state index in [0.717, 1.165) is 25.9 Å². The first kappa shape index (κ1) is 12.1. The van der Waals surface area contributed by atoms with Crippen molar-refractivity contribution in [3.8, 4) is 12.3 Å². The number of nitrogens with one attached hydrogen (secondary N) is 2. The summed E-state index contributed by atoms with van der Waals surface area (Å²) in [6.07, 6.45) is 7.67. The molecule has 2 atom stereocenters. The van der Waals surface area contributed by atoms with Gasteiger partial charge in [-0.1, -0.05) is 6.92 Å². The first-order valence-electron chi connectivity index (χ1n) is 5.57. The first-order chi connectivity index (χ1) is 7.12. The van der Waals surface area contributed by atoms with Gasteiger partial charge in [-0.25, -0.2) is 0 Å². The smallest absolute Gasteiger partial charge is 0.227 e. The second kappa shape index (κ2) is 5.18. The minimum atomic E-state index is -0.248. The van der Waals surface area contributed by atoms with E-state index in [-0.39, 0.29) is 17.4 Å². The first-order valence-corrected chi connectivity index (χ1v) is 5.57. The van der Waals surface area contributed by atoms with E-state index in [1.54, 1.807) is 0 Å². The van der Waals surface area contributed by atoms with Crippen LogP contribution in [0.25, 0.3) is 0 Å². The minimum Gasteiger partial charge on any atom is -0.352 e. The summed E-state index contributed by atoms with van der Waals surface area (Å²) in [6.45, 7) is 5.74. The molecular formula is C12H20N2O. The monoisotopic (exact) mass is 208 g/mol. The molecule has 0 aromatic rings. The molecule has 2 unspecified atom stereocenters. The Labute approximate surface area is 92.0 Å². The molecule has 0 spiro atoms. The highest BCUT2D eigenvalue weighted by Crippen LogP contribution is 2.24. The fourth-order valence-corrected chi connectivity index (χ4v) is 1.81. The molecule has 1 amide bonds. The van der Waals surface area contributed by atoms with Crippen molar-refractivity contribution in [2.24, 2.45) is 5.41 Å². The Kier molecular flexibility index (Phi) is 4.16. The van der Waals surface area contributed by atoms with Gasteiger partial charge in [0.25, 0.3) is 0 Å². The highest BCUT2D eigenvalue weighted by molar-refractivity contribution is 5.83. The molecule has 1 fully saturated rings. The van der Waals surface area contributed by atoms with Crippen molar-refractivity contribution in [3.63, 3.8) is 0 Å². The molecule has 0 saturated carbocycles. The molecule has 0 aromatic heterocycles. The highest BCUT2D eigenvalue weighted by atomic mass is 16.2. The van der Waals surface area contributed by atoms with Crippen LogP contribution in [0, 0.1) is 17.8 Å². The molecule has 1 aliphatic heterocycles. The lowest BCUT2D eigenvalue weighted by Crippen LogP contribution is -2.45. The maximum Gasteiger partial charge on any atom is 0.227 e. The Morgan fingerprint density at radius 3 is 2.93 bits per heavy atom. The van der Waals surface area contributed by atoms with Gasteiger partial charge in [-0.2, -0.15) is 0 Å². The molecule has 1 heterocycles. The highest BCUT2D eigenvalue weighted by Gasteiger charge is 2.36. The summed E-state index contributed by atoms with van der Waals surface area (Å²) in [5.74, 6) is 2.73. The molecule has 0 aliphatic carbocycles. The van der Waals surface area contributed by atoms with E-state index in [1.807, 2.05) is 13.8 Å². The third-order valence-electron chi connectivity index (χ3n) is 3.11. The number of amides is 1. The molecule has 1 aliphatic rings. The van der Waals surface area contributed by atoms with Crippen LogP contribution in [0.3, 0.4) is 0 Å². The fraction of sp³-hybridized carbons (Fsp3) is 0.750. The van der Waals surface area contributed by atoms with Gasteiger partial charge in [0.05, 0.1) is 5.41 Å². The van der Waals surface area contributed by atoms with Crippen LogP contribution in [0.15, 0.2) is 0 Å². The summed E-state index contributed by atoms with van der Waals surface area (Å²) in [7, 11) is 0. The number of carbonyl (C=O) groups is 1. The van der Waals surface area contributed by atoms with Crippen LogP contribution in [-0.4, -0.2) is 25.0 Å². The topological polar surface area (TPSA) is 41.1 Å². The van der Waals surface area contributed by atoms with Crippen LogP contribution in [0.2, 0.25) is 0 Å². The molecule has 0 bridgehead atoms. The zero-order chi connectivity index (χ0) is 11.3. The molecule has 2 N–H and O–H groups in total. The van der Waals surface area contributed by atoms with E-state index in [9.17, 15) is 4.79 Å². The Morgan fingerprint density at radius 2 is 2.47 bits per heavy atom. The third kappa shape index (κ3) is 2.97. The SMILES string of the molecule is C#CCC(CC)NC(=O)C1(C)CCNC1.